The number of primary amides is 1. The van der Waals surface area contributed by atoms with Gasteiger partial charge in [-0.3, -0.25) is 24.0 Å². The Morgan fingerprint density at radius 1 is 1.00 bits per heavy atom. The number of carboxylic acid groups (broad SMARTS) is 1. The summed E-state index contributed by atoms with van der Waals surface area (Å²) in [5.74, 6) is -5.10. The van der Waals surface area contributed by atoms with Crippen LogP contribution in [-0.2, 0) is 28.8 Å². The topological polar surface area (TPSA) is 234 Å². The molecular formula is C20H34N6O8. The van der Waals surface area contributed by atoms with Gasteiger partial charge in [-0.05, 0) is 38.6 Å². The number of rotatable bonds is 14. The molecule has 0 saturated carbocycles. The monoisotopic (exact) mass is 486 g/mol. The van der Waals surface area contributed by atoms with E-state index in [-0.39, 0.29) is 19.4 Å². The molecule has 1 rings (SSSR count). The first kappa shape index (κ1) is 28.8. The molecule has 1 fully saturated rings. The van der Waals surface area contributed by atoms with Crippen LogP contribution in [0.15, 0.2) is 0 Å². The molecule has 1 aliphatic heterocycles. The lowest BCUT2D eigenvalue weighted by Gasteiger charge is -2.29. The first-order chi connectivity index (χ1) is 16.0. The van der Waals surface area contributed by atoms with Gasteiger partial charge in [0.2, 0.25) is 29.5 Å². The summed E-state index contributed by atoms with van der Waals surface area (Å²) in [6.45, 7) is 0.934. The number of aliphatic hydroxyl groups is 1. The molecule has 0 aromatic rings. The summed E-state index contributed by atoms with van der Waals surface area (Å²) in [6, 6.07) is -4.99. The Bertz CT molecular complexity index is 776. The first-order valence-corrected chi connectivity index (χ1v) is 11.0. The minimum absolute atomic E-state index is 0.160. The van der Waals surface area contributed by atoms with Crippen molar-refractivity contribution in [2.45, 2.75) is 69.6 Å². The SMILES string of the molecule is CC(=O)NC(CO)C(=O)NC(CC(N)=O)C(=O)NC(CCCCN)C(=O)N1CCC[C@H]1C(=O)O. The van der Waals surface area contributed by atoms with E-state index in [1.54, 1.807) is 0 Å². The number of amides is 5. The first-order valence-electron chi connectivity index (χ1n) is 11.0. The Morgan fingerprint density at radius 2 is 1.62 bits per heavy atom. The number of hydrogen-bond acceptors (Lipinski definition) is 8. The number of nitrogens with one attached hydrogen (secondary N) is 3. The van der Waals surface area contributed by atoms with Crippen LogP contribution in [-0.4, -0.2) is 94.5 Å². The lowest BCUT2D eigenvalue weighted by atomic mass is 10.1. The van der Waals surface area contributed by atoms with Crippen molar-refractivity contribution in [2.75, 3.05) is 19.7 Å². The number of aliphatic hydroxyl groups excluding tert-OH is 1. The number of unbranched alkanes of at least 4 members (excludes halogenated alkanes) is 1. The Morgan fingerprint density at radius 3 is 2.15 bits per heavy atom. The molecule has 34 heavy (non-hydrogen) atoms. The molecule has 4 atom stereocenters. The second-order valence-corrected chi connectivity index (χ2v) is 8.04. The Hall–Kier alpha value is -3.26. The number of carbonyl (C=O) groups is 6. The van der Waals surface area contributed by atoms with Gasteiger partial charge in [0.05, 0.1) is 13.0 Å². The minimum atomic E-state index is -1.49. The number of likely N-dealkylation sites (tertiary alicyclic amines) is 1. The van der Waals surface area contributed by atoms with Gasteiger partial charge >= 0.3 is 5.97 Å². The largest absolute Gasteiger partial charge is 0.480 e. The molecule has 14 heteroatoms. The van der Waals surface area contributed by atoms with Crippen molar-refractivity contribution in [3.05, 3.63) is 0 Å². The molecule has 0 spiro atoms. The summed E-state index contributed by atoms with van der Waals surface area (Å²) >= 11 is 0. The van der Waals surface area contributed by atoms with E-state index in [0.29, 0.717) is 25.8 Å². The van der Waals surface area contributed by atoms with Crippen molar-refractivity contribution in [3.8, 4) is 0 Å². The fourth-order valence-corrected chi connectivity index (χ4v) is 3.63. The maximum atomic E-state index is 13.1. The Kier molecular flexibility index (Phi) is 11.9. The second kappa shape index (κ2) is 14.1. The fourth-order valence-electron chi connectivity index (χ4n) is 3.63. The maximum absolute atomic E-state index is 13.1. The predicted molar refractivity (Wildman–Crippen MR) is 118 cm³/mol. The van der Waals surface area contributed by atoms with Crippen molar-refractivity contribution in [3.63, 3.8) is 0 Å². The molecule has 0 aliphatic carbocycles. The van der Waals surface area contributed by atoms with Gasteiger partial charge in [0.15, 0.2) is 0 Å². The number of carboxylic acids is 1. The number of hydrogen-bond donors (Lipinski definition) is 7. The smallest absolute Gasteiger partial charge is 0.326 e. The highest BCUT2D eigenvalue weighted by Gasteiger charge is 2.38. The zero-order valence-corrected chi connectivity index (χ0v) is 19.1. The molecule has 14 nitrogen and oxygen atoms in total. The van der Waals surface area contributed by atoms with Gasteiger partial charge < -0.3 is 42.5 Å². The fraction of sp³-hybridized carbons (Fsp3) is 0.700. The van der Waals surface area contributed by atoms with Gasteiger partial charge in [-0.25, -0.2) is 4.79 Å². The molecule has 192 valence electrons. The highest BCUT2D eigenvalue weighted by molar-refractivity contribution is 5.96. The third-order valence-corrected chi connectivity index (χ3v) is 5.30. The molecule has 1 heterocycles. The van der Waals surface area contributed by atoms with Crippen molar-refractivity contribution in [1.82, 2.24) is 20.9 Å². The van der Waals surface area contributed by atoms with E-state index in [1.807, 2.05) is 0 Å². The van der Waals surface area contributed by atoms with E-state index in [4.69, 9.17) is 11.5 Å². The second-order valence-electron chi connectivity index (χ2n) is 8.04. The van der Waals surface area contributed by atoms with Crippen molar-refractivity contribution in [1.29, 1.82) is 0 Å². The molecule has 0 radical (unpaired) electrons. The van der Waals surface area contributed by atoms with E-state index in [0.717, 1.165) is 6.92 Å². The van der Waals surface area contributed by atoms with Gasteiger partial charge in [0.1, 0.15) is 24.2 Å². The zero-order chi connectivity index (χ0) is 25.8. The quantitative estimate of drug-likeness (QED) is 0.121. The van der Waals surface area contributed by atoms with Gasteiger partial charge in [-0.15, -0.1) is 0 Å². The Labute approximate surface area is 196 Å². The highest BCUT2D eigenvalue weighted by atomic mass is 16.4. The van der Waals surface area contributed by atoms with E-state index in [1.165, 1.54) is 4.90 Å². The van der Waals surface area contributed by atoms with E-state index in [9.17, 15) is 39.0 Å². The van der Waals surface area contributed by atoms with Crippen LogP contribution in [0.2, 0.25) is 0 Å². The molecule has 0 aromatic carbocycles. The summed E-state index contributed by atoms with van der Waals surface area (Å²) in [4.78, 5) is 73.8. The standard InChI is InChI=1S/C20H34N6O8/c1-11(28)23-14(10-27)18(31)25-13(9-16(22)29)17(30)24-12(5-2-3-7-21)19(32)26-8-4-6-15(26)20(33)34/h12-15,27H,2-10,21H2,1H3,(H2,22,29)(H,23,28)(H,24,30)(H,25,31)(H,33,34)/t12?,13?,14?,15-/m0/s1. The molecule has 5 amide bonds. The predicted octanol–water partition coefficient (Wildman–Crippen LogP) is -3.47. The third kappa shape index (κ3) is 8.94. The number of nitrogens with zero attached hydrogens (tertiary/aromatic N) is 1. The summed E-state index contributed by atoms with van der Waals surface area (Å²) in [7, 11) is 0. The Balaban J connectivity index is 3.03. The van der Waals surface area contributed by atoms with Gasteiger partial charge in [0.25, 0.3) is 0 Å². The lowest BCUT2D eigenvalue weighted by Crippen LogP contribution is -2.58. The lowest BCUT2D eigenvalue weighted by molar-refractivity contribution is -0.149. The third-order valence-electron chi connectivity index (χ3n) is 5.30. The zero-order valence-electron chi connectivity index (χ0n) is 19.1. The molecule has 0 bridgehead atoms. The minimum Gasteiger partial charge on any atom is -0.480 e. The van der Waals surface area contributed by atoms with Crippen LogP contribution in [0.5, 0.6) is 0 Å². The van der Waals surface area contributed by atoms with Crippen LogP contribution >= 0.6 is 0 Å². The molecule has 1 saturated heterocycles. The number of carbonyl (C=O) groups excluding carboxylic acids is 5. The highest BCUT2D eigenvalue weighted by Crippen LogP contribution is 2.20. The van der Waals surface area contributed by atoms with Gasteiger partial charge in [0, 0.05) is 13.5 Å². The van der Waals surface area contributed by atoms with E-state index in [2.05, 4.69) is 16.0 Å². The van der Waals surface area contributed by atoms with Crippen LogP contribution < -0.4 is 27.4 Å². The summed E-state index contributed by atoms with van der Waals surface area (Å²) in [5, 5.41) is 25.6. The van der Waals surface area contributed by atoms with Gasteiger partial charge in [-0.2, -0.15) is 0 Å². The van der Waals surface area contributed by atoms with Crippen LogP contribution in [0.4, 0.5) is 0 Å². The molecular weight excluding hydrogens is 452 g/mol. The van der Waals surface area contributed by atoms with Crippen LogP contribution in [0, 0.1) is 0 Å². The van der Waals surface area contributed by atoms with Crippen molar-refractivity contribution < 1.29 is 39.0 Å². The molecule has 9 N–H and O–H groups in total. The summed E-state index contributed by atoms with van der Waals surface area (Å²) in [5.41, 5.74) is 10.7. The van der Waals surface area contributed by atoms with E-state index >= 15 is 0 Å². The van der Waals surface area contributed by atoms with Crippen LogP contribution in [0.25, 0.3) is 0 Å². The number of aliphatic carboxylic acids is 1. The normalized spacial score (nSPS) is 17.9. The van der Waals surface area contributed by atoms with E-state index < -0.39 is 72.7 Å². The maximum Gasteiger partial charge on any atom is 0.326 e. The number of nitrogens with two attached hydrogens (primary N) is 2. The summed E-state index contributed by atoms with van der Waals surface area (Å²) < 4.78 is 0. The molecule has 3 unspecified atom stereocenters. The summed E-state index contributed by atoms with van der Waals surface area (Å²) in [6.07, 6.45) is 1.35. The van der Waals surface area contributed by atoms with Crippen molar-refractivity contribution >= 4 is 35.5 Å². The molecule has 1 aliphatic rings. The van der Waals surface area contributed by atoms with Crippen LogP contribution in [0.3, 0.4) is 0 Å². The van der Waals surface area contributed by atoms with Gasteiger partial charge in [-0.1, -0.05) is 0 Å². The molecule has 0 aromatic heterocycles. The average molecular weight is 487 g/mol. The average Bonchev–Trinajstić information content (AvgIpc) is 3.25. The van der Waals surface area contributed by atoms with Crippen molar-refractivity contribution in [2.24, 2.45) is 11.5 Å². The van der Waals surface area contributed by atoms with Crippen LogP contribution in [0.1, 0.15) is 45.4 Å².